The van der Waals surface area contributed by atoms with Crippen LogP contribution in [0.4, 0.5) is 0 Å². The molecule has 4 rings (SSSR count). The Morgan fingerprint density at radius 3 is 2.92 bits per heavy atom. The lowest BCUT2D eigenvalue weighted by Crippen LogP contribution is -2.45. The molecule has 0 aliphatic heterocycles. The molecule has 0 aromatic heterocycles. The summed E-state index contributed by atoms with van der Waals surface area (Å²) in [5.74, 6) is 3.48. The highest BCUT2D eigenvalue weighted by atomic mass is 16.5. The predicted molar refractivity (Wildman–Crippen MR) is 95.5 cm³/mol. The summed E-state index contributed by atoms with van der Waals surface area (Å²) in [7, 11) is 3.75. The van der Waals surface area contributed by atoms with Gasteiger partial charge in [0.05, 0.1) is 7.11 Å². The van der Waals surface area contributed by atoms with Crippen LogP contribution in [-0.2, 0) is 11.2 Å². The summed E-state index contributed by atoms with van der Waals surface area (Å²) in [5.41, 5.74) is 2.99. The zero-order chi connectivity index (χ0) is 16.7. The van der Waals surface area contributed by atoms with E-state index in [1.807, 2.05) is 7.05 Å². The fourth-order valence-electron chi connectivity index (χ4n) is 6.07. The van der Waals surface area contributed by atoms with Gasteiger partial charge in [0.15, 0.2) is 0 Å². The first-order valence-corrected chi connectivity index (χ1v) is 9.54. The van der Waals surface area contributed by atoms with Crippen LogP contribution in [0.3, 0.4) is 0 Å². The first-order valence-electron chi connectivity index (χ1n) is 9.54. The van der Waals surface area contributed by atoms with E-state index in [9.17, 15) is 4.79 Å². The number of hydrogen-bond acceptors (Lipinski definition) is 3. The van der Waals surface area contributed by atoms with Crippen molar-refractivity contribution in [2.75, 3.05) is 20.7 Å². The highest BCUT2D eigenvalue weighted by molar-refractivity contribution is 5.87. The van der Waals surface area contributed by atoms with Crippen LogP contribution in [0.15, 0.2) is 18.2 Å². The van der Waals surface area contributed by atoms with Crippen molar-refractivity contribution in [1.29, 1.82) is 0 Å². The molecule has 130 valence electrons. The minimum Gasteiger partial charge on any atom is -0.497 e. The topological polar surface area (TPSA) is 38.3 Å². The number of aryl methyl sites for hydroxylation is 1. The summed E-state index contributed by atoms with van der Waals surface area (Å²) in [6.45, 7) is 0.966. The van der Waals surface area contributed by atoms with Crippen molar-refractivity contribution in [3.05, 3.63) is 29.3 Å². The molecule has 0 saturated heterocycles. The summed E-state index contributed by atoms with van der Waals surface area (Å²) in [4.78, 5) is 12.8. The van der Waals surface area contributed by atoms with E-state index in [0.717, 1.165) is 44.4 Å². The van der Waals surface area contributed by atoms with Crippen LogP contribution in [0.2, 0.25) is 0 Å². The molecule has 2 saturated carbocycles. The third-order valence-electron chi connectivity index (χ3n) is 7.20. The first kappa shape index (κ1) is 16.1. The Morgan fingerprint density at radius 1 is 1.25 bits per heavy atom. The number of nitrogens with one attached hydrogen (secondary N) is 1. The number of carbonyl (C=O) groups is 1. The van der Waals surface area contributed by atoms with Crippen molar-refractivity contribution in [3.63, 3.8) is 0 Å². The lowest BCUT2D eigenvalue weighted by atomic mass is 9.54. The molecule has 0 heterocycles. The van der Waals surface area contributed by atoms with Gasteiger partial charge < -0.3 is 10.1 Å². The van der Waals surface area contributed by atoms with Crippen LogP contribution in [-0.4, -0.2) is 26.5 Å². The van der Waals surface area contributed by atoms with Crippen LogP contribution < -0.4 is 10.1 Å². The zero-order valence-corrected chi connectivity index (χ0v) is 14.9. The number of hydrogen-bond donors (Lipinski definition) is 1. The van der Waals surface area contributed by atoms with Crippen LogP contribution in [0, 0.1) is 17.3 Å². The van der Waals surface area contributed by atoms with Gasteiger partial charge in [-0.3, -0.25) is 4.79 Å². The molecular formula is C21H29NO2. The molecule has 4 atom stereocenters. The number of rotatable bonds is 4. The smallest absolute Gasteiger partial charge is 0.139 e. The van der Waals surface area contributed by atoms with E-state index in [4.69, 9.17) is 4.74 Å². The normalized spacial score (nSPS) is 34.4. The average molecular weight is 327 g/mol. The number of Topliss-reactive ketones (excluding diaryl/α,β-unsaturated/α-hetero) is 1. The Balaban J connectivity index is 1.65. The number of methoxy groups -OCH3 is 1. The number of carbonyl (C=O) groups excluding carboxylic acids is 1. The molecule has 0 spiro atoms. The van der Waals surface area contributed by atoms with Gasteiger partial charge in [0.25, 0.3) is 0 Å². The van der Waals surface area contributed by atoms with Gasteiger partial charge in [-0.2, -0.15) is 0 Å². The highest BCUT2D eigenvalue weighted by Gasteiger charge is 2.56. The van der Waals surface area contributed by atoms with E-state index in [-0.39, 0.29) is 5.41 Å². The van der Waals surface area contributed by atoms with Crippen molar-refractivity contribution in [2.45, 2.75) is 50.9 Å². The Labute approximate surface area is 145 Å². The Morgan fingerprint density at radius 2 is 2.12 bits per heavy atom. The van der Waals surface area contributed by atoms with Crippen LogP contribution in [0.5, 0.6) is 5.75 Å². The van der Waals surface area contributed by atoms with Gasteiger partial charge in [0, 0.05) is 11.8 Å². The quantitative estimate of drug-likeness (QED) is 0.916. The molecule has 1 aromatic rings. The van der Waals surface area contributed by atoms with Gasteiger partial charge in [-0.25, -0.2) is 0 Å². The van der Waals surface area contributed by atoms with E-state index < -0.39 is 0 Å². The van der Waals surface area contributed by atoms with Crippen molar-refractivity contribution in [2.24, 2.45) is 17.3 Å². The van der Waals surface area contributed by atoms with Crippen molar-refractivity contribution in [3.8, 4) is 5.75 Å². The van der Waals surface area contributed by atoms with Gasteiger partial charge in [0.2, 0.25) is 0 Å². The van der Waals surface area contributed by atoms with E-state index in [2.05, 4.69) is 23.5 Å². The summed E-state index contributed by atoms with van der Waals surface area (Å²) < 4.78 is 5.41. The minimum atomic E-state index is -0.0197. The summed E-state index contributed by atoms with van der Waals surface area (Å²) in [6, 6.07) is 6.64. The second-order valence-corrected chi connectivity index (χ2v) is 7.99. The maximum Gasteiger partial charge on any atom is 0.139 e. The van der Waals surface area contributed by atoms with Gasteiger partial charge >= 0.3 is 0 Å². The van der Waals surface area contributed by atoms with Gasteiger partial charge in [-0.1, -0.05) is 6.07 Å². The Kier molecular flexibility index (Phi) is 4.16. The molecule has 1 N–H and O–H groups in total. The molecule has 0 radical (unpaired) electrons. The SMILES string of the molecule is CNCC[C@]12CC[C@@H]3c4ccc(OC)cc4CC[C@H]3[C@@H]1CCC2=O. The molecule has 3 nitrogen and oxygen atoms in total. The number of ether oxygens (including phenoxy) is 1. The molecule has 1 aromatic carbocycles. The second-order valence-electron chi connectivity index (χ2n) is 7.99. The maximum atomic E-state index is 12.8. The molecule has 3 aliphatic carbocycles. The van der Waals surface area contributed by atoms with Crippen molar-refractivity contribution in [1.82, 2.24) is 5.32 Å². The molecule has 2 fully saturated rings. The Hall–Kier alpha value is -1.35. The lowest BCUT2D eigenvalue weighted by Gasteiger charge is -2.49. The number of ketones is 1. The van der Waals surface area contributed by atoms with E-state index in [1.54, 1.807) is 7.11 Å². The van der Waals surface area contributed by atoms with Gasteiger partial charge in [-0.15, -0.1) is 0 Å². The Bertz CT molecular complexity index is 641. The summed E-state index contributed by atoms with van der Waals surface area (Å²) in [6.07, 6.45) is 7.61. The van der Waals surface area contributed by atoms with Gasteiger partial charge in [0.1, 0.15) is 11.5 Å². The number of fused-ring (bicyclic) bond motifs is 5. The van der Waals surface area contributed by atoms with Gasteiger partial charge in [-0.05, 0) is 93.1 Å². The summed E-state index contributed by atoms with van der Waals surface area (Å²) >= 11 is 0. The monoisotopic (exact) mass is 327 g/mol. The fourth-order valence-corrected chi connectivity index (χ4v) is 6.07. The fraction of sp³-hybridized carbons (Fsp3) is 0.667. The van der Waals surface area contributed by atoms with Crippen molar-refractivity contribution >= 4 is 5.78 Å². The third-order valence-corrected chi connectivity index (χ3v) is 7.20. The minimum absolute atomic E-state index is 0.0197. The second kappa shape index (κ2) is 6.18. The van der Waals surface area contributed by atoms with E-state index in [0.29, 0.717) is 23.5 Å². The largest absolute Gasteiger partial charge is 0.497 e. The van der Waals surface area contributed by atoms with E-state index >= 15 is 0 Å². The molecular weight excluding hydrogens is 298 g/mol. The molecule has 0 unspecified atom stereocenters. The zero-order valence-electron chi connectivity index (χ0n) is 14.9. The highest BCUT2D eigenvalue weighted by Crippen LogP contribution is 2.61. The van der Waals surface area contributed by atoms with Crippen LogP contribution in [0.1, 0.15) is 55.6 Å². The lowest BCUT2D eigenvalue weighted by molar-refractivity contribution is -0.131. The van der Waals surface area contributed by atoms with E-state index in [1.165, 1.54) is 24.0 Å². The molecule has 0 bridgehead atoms. The predicted octanol–water partition coefficient (Wildman–Crippen LogP) is 3.71. The molecule has 0 amide bonds. The third kappa shape index (κ3) is 2.32. The molecule has 24 heavy (non-hydrogen) atoms. The molecule has 3 heteroatoms. The average Bonchev–Trinajstić information content (AvgIpc) is 2.96. The first-order chi connectivity index (χ1) is 11.7. The number of benzene rings is 1. The van der Waals surface area contributed by atoms with Crippen LogP contribution in [0.25, 0.3) is 0 Å². The standard InChI is InChI=1S/C21H29NO2/c1-22-12-11-21-10-9-17-16-6-4-15(24-2)13-14(16)3-5-18(17)19(21)7-8-20(21)23/h4,6,13,17-19,22H,3,5,7-12H2,1-2H3/t17-,18-,19+,21-/m1/s1. The maximum absolute atomic E-state index is 12.8. The van der Waals surface area contributed by atoms with Crippen molar-refractivity contribution < 1.29 is 9.53 Å². The van der Waals surface area contributed by atoms with Crippen LogP contribution >= 0.6 is 0 Å². The molecule has 3 aliphatic rings. The summed E-state index contributed by atoms with van der Waals surface area (Å²) in [5, 5.41) is 3.28.